The smallest absolute Gasteiger partial charge is 0.275 e. The summed E-state index contributed by atoms with van der Waals surface area (Å²) in [6.07, 6.45) is 1.92. The molecule has 1 amide bonds. The average molecular weight is 453 g/mol. The summed E-state index contributed by atoms with van der Waals surface area (Å²) in [7, 11) is 1.63. The number of carbonyl (C=O) groups is 1. The maximum atomic E-state index is 13.5. The van der Waals surface area contributed by atoms with Crippen LogP contribution in [0.25, 0.3) is 0 Å². The summed E-state index contributed by atoms with van der Waals surface area (Å²) in [5.41, 5.74) is 4.87. The van der Waals surface area contributed by atoms with E-state index in [1.807, 2.05) is 80.6 Å². The molecule has 0 fully saturated rings. The molecule has 6 heteroatoms. The molecule has 0 unspecified atom stereocenters. The van der Waals surface area contributed by atoms with Gasteiger partial charge < -0.3 is 10.1 Å². The molecule has 3 aromatic carbocycles. The molecule has 31 heavy (non-hydrogen) atoms. The Hall–Kier alpha value is -2.95. The van der Waals surface area contributed by atoms with Crippen molar-refractivity contribution in [2.75, 3.05) is 17.3 Å². The molecule has 3 aromatic rings. The van der Waals surface area contributed by atoms with Crippen LogP contribution in [0.3, 0.4) is 0 Å². The van der Waals surface area contributed by atoms with E-state index in [-0.39, 0.29) is 11.9 Å². The molecule has 1 atom stereocenters. The maximum absolute atomic E-state index is 13.5. The van der Waals surface area contributed by atoms with Gasteiger partial charge in [-0.15, -0.1) is 0 Å². The van der Waals surface area contributed by atoms with Gasteiger partial charge in [-0.05, 0) is 73.0 Å². The van der Waals surface area contributed by atoms with Gasteiger partial charge in [-0.1, -0.05) is 47.5 Å². The number of halogens is 2. The Morgan fingerprint density at radius 3 is 2.16 bits per heavy atom. The predicted octanol–water partition coefficient (Wildman–Crippen LogP) is 6.70. The highest BCUT2D eigenvalue weighted by molar-refractivity contribution is 6.32. The van der Waals surface area contributed by atoms with Gasteiger partial charge in [0.15, 0.2) is 0 Å². The van der Waals surface area contributed by atoms with E-state index in [1.165, 1.54) is 0 Å². The van der Waals surface area contributed by atoms with Gasteiger partial charge in [0.25, 0.3) is 5.91 Å². The van der Waals surface area contributed by atoms with Crippen LogP contribution in [0, 0.1) is 13.8 Å². The number of rotatable bonds is 5. The molecule has 4 nitrogen and oxygen atoms in total. The molecule has 4 rings (SSSR count). The molecule has 0 spiro atoms. The molecular formula is C25H22Cl2N2O2. The lowest BCUT2D eigenvalue weighted by Gasteiger charge is -2.26. The molecule has 1 aliphatic heterocycles. The first-order valence-corrected chi connectivity index (χ1v) is 10.6. The second kappa shape index (κ2) is 8.66. The van der Waals surface area contributed by atoms with E-state index in [9.17, 15) is 4.79 Å². The quantitative estimate of drug-likeness (QED) is 0.467. The van der Waals surface area contributed by atoms with Crippen LogP contribution in [-0.2, 0) is 4.79 Å². The number of hydrogen-bond acceptors (Lipinski definition) is 3. The van der Waals surface area contributed by atoms with Gasteiger partial charge in [0.2, 0.25) is 0 Å². The van der Waals surface area contributed by atoms with Gasteiger partial charge in [0.05, 0.1) is 13.2 Å². The van der Waals surface area contributed by atoms with E-state index in [2.05, 4.69) is 5.32 Å². The van der Waals surface area contributed by atoms with E-state index >= 15 is 0 Å². The van der Waals surface area contributed by atoms with Crippen LogP contribution < -0.4 is 15.0 Å². The van der Waals surface area contributed by atoms with Gasteiger partial charge in [0, 0.05) is 21.4 Å². The van der Waals surface area contributed by atoms with E-state index < -0.39 is 0 Å². The Balaban J connectivity index is 1.74. The predicted molar refractivity (Wildman–Crippen MR) is 127 cm³/mol. The molecule has 0 bridgehead atoms. The molecule has 0 aromatic heterocycles. The van der Waals surface area contributed by atoms with Gasteiger partial charge in [-0.25, -0.2) is 0 Å². The van der Waals surface area contributed by atoms with E-state index in [1.54, 1.807) is 12.0 Å². The van der Waals surface area contributed by atoms with Crippen LogP contribution >= 0.6 is 23.2 Å². The number of carbonyl (C=O) groups excluding carboxylic acids is 1. The van der Waals surface area contributed by atoms with Crippen molar-refractivity contribution < 1.29 is 9.53 Å². The van der Waals surface area contributed by atoms with Crippen LogP contribution in [0.4, 0.5) is 11.4 Å². The number of nitrogens with one attached hydrogen (secondary N) is 1. The first-order chi connectivity index (χ1) is 14.9. The fourth-order valence-electron chi connectivity index (χ4n) is 3.54. The topological polar surface area (TPSA) is 41.6 Å². The summed E-state index contributed by atoms with van der Waals surface area (Å²) in [4.78, 5) is 15.2. The normalized spacial score (nSPS) is 15.8. The van der Waals surface area contributed by atoms with Crippen molar-refractivity contribution in [3.8, 4) is 5.75 Å². The van der Waals surface area contributed by atoms with Crippen molar-refractivity contribution in [3.05, 3.63) is 99.2 Å². The molecule has 158 valence electrons. The largest absolute Gasteiger partial charge is 0.497 e. The SMILES string of the molecule is COc1ccc([C@H]2C=C(Nc3ccc(C)c(Cl)c3)C(=O)N2c2ccc(C)c(Cl)c2)cc1. The third kappa shape index (κ3) is 4.27. The van der Waals surface area contributed by atoms with Crippen LogP contribution in [0.15, 0.2) is 72.4 Å². The van der Waals surface area contributed by atoms with Crippen molar-refractivity contribution in [2.24, 2.45) is 0 Å². The standard InChI is InChI=1S/C25H22Cl2N2O2/c1-15-4-8-18(12-21(15)26)28-23-14-24(17-6-10-20(31-3)11-7-17)29(25(23)30)19-9-5-16(2)22(27)13-19/h4-14,24,28H,1-3H3/t24-/m1/s1. The minimum atomic E-state index is -0.291. The molecule has 0 radical (unpaired) electrons. The first-order valence-electron chi connectivity index (χ1n) is 9.86. The molecule has 0 saturated carbocycles. The van der Waals surface area contributed by atoms with Crippen LogP contribution in [0.5, 0.6) is 5.75 Å². The van der Waals surface area contributed by atoms with Crippen molar-refractivity contribution in [1.29, 1.82) is 0 Å². The Morgan fingerprint density at radius 2 is 1.55 bits per heavy atom. The maximum Gasteiger partial charge on any atom is 0.275 e. The number of hydrogen-bond donors (Lipinski definition) is 1. The van der Waals surface area contributed by atoms with Gasteiger partial charge in [0.1, 0.15) is 11.4 Å². The highest BCUT2D eigenvalue weighted by atomic mass is 35.5. The molecule has 0 saturated heterocycles. The zero-order chi connectivity index (χ0) is 22.1. The third-order valence-corrected chi connectivity index (χ3v) is 6.21. The number of ether oxygens (including phenoxy) is 1. The molecule has 1 N–H and O–H groups in total. The Morgan fingerprint density at radius 1 is 0.903 bits per heavy atom. The lowest BCUT2D eigenvalue weighted by molar-refractivity contribution is -0.114. The molecular weight excluding hydrogens is 431 g/mol. The van der Waals surface area contributed by atoms with Gasteiger partial charge in [-0.3, -0.25) is 9.69 Å². The van der Waals surface area contributed by atoms with E-state index in [0.29, 0.717) is 15.7 Å². The summed E-state index contributed by atoms with van der Waals surface area (Å²) < 4.78 is 5.28. The third-order valence-electron chi connectivity index (χ3n) is 5.39. The number of methoxy groups -OCH3 is 1. The highest BCUT2D eigenvalue weighted by Crippen LogP contribution is 2.38. The number of anilines is 2. The lowest BCUT2D eigenvalue weighted by atomic mass is 10.1. The zero-order valence-corrected chi connectivity index (χ0v) is 19.0. The fraction of sp³-hybridized carbons (Fsp3) is 0.160. The average Bonchev–Trinajstić information content (AvgIpc) is 3.09. The number of benzene rings is 3. The Labute approximate surface area is 192 Å². The molecule has 1 heterocycles. The fourth-order valence-corrected chi connectivity index (χ4v) is 3.89. The number of aryl methyl sites for hydroxylation is 2. The van der Waals surface area contributed by atoms with Crippen LogP contribution in [0.2, 0.25) is 10.0 Å². The summed E-state index contributed by atoms with van der Waals surface area (Å²) in [6, 6.07) is 18.7. The van der Waals surface area contributed by atoms with E-state index in [4.69, 9.17) is 27.9 Å². The van der Waals surface area contributed by atoms with Crippen molar-refractivity contribution in [1.82, 2.24) is 0 Å². The number of nitrogens with zero attached hydrogens (tertiary/aromatic N) is 1. The second-order valence-corrected chi connectivity index (χ2v) is 8.31. The highest BCUT2D eigenvalue weighted by Gasteiger charge is 2.35. The summed E-state index contributed by atoms with van der Waals surface area (Å²) >= 11 is 12.6. The van der Waals surface area contributed by atoms with Crippen molar-refractivity contribution >= 4 is 40.5 Å². The monoisotopic (exact) mass is 452 g/mol. The van der Waals surface area contributed by atoms with Crippen LogP contribution in [-0.4, -0.2) is 13.0 Å². The zero-order valence-electron chi connectivity index (χ0n) is 17.4. The summed E-state index contributed by atoms with van der Waals surface area (Å²) in [6.45, 7) is 3.87. The van der Waals surface area contributed by atoms with Crippen molar-refractivity contribution in [2.45, 2.75) is 19.9 Å². The number of amides is 1. The van der Waals surface area contributed by atoms with Crippen LogP contribution in [0.1, 0.15) is 22.7 Å². The summed E-state index contributed by atoms with van der Waals surface area (Å²) in [5.74, 6) is 0.618. The van der Waals surface area contributed by atoms with Gasteiger partial charge >= 0.3 is 0 Å². The first kappa shape index (κ1) is 21.3. The summed E-state index contributed by atoms with van der Waals surface area (Å²) in [5, 5.41) is 4.49. The lowest BCUT2D eigenvalue weighted by Crippen LogP contribution is -2.30. The minimum Gasteiger partial charge on any atom is -0.497 e. The van der Waals surface area contributed by atoms with E-state index in [0.717, 1.165) is 33.8 Å². The van der Waals surface area contributed by atoms with Gasteiger partial charge in [-0.2, -0.15) is 0 Å². The second-order valence-electron chi connectivity index (χ2n) is 7.50. The molecule has 0 aliphatic carbocycles. The molecule has 1 aliphatic rings. The Bertz CT molecular complexity index is 1170. The van der Waals surface area contributed by atoms with Crippen molar-refractivity contribution in [3.63, 3.8) is 0 Å². The minimum absolute atomic E-state index is 0.141. The Kier molecular flexibility index (Phi) is 5.94.